The number of sulfonamides is 1. The van der Waals surface area contributed by atoms with Crippen molar-refractivity contribution >= 4 is 27.2 Å². The molecule has 4 rings (SSSR count). The predicted octanol–water partition coefficient (Wildman–Crippen LogP) is 3.01. The topological polar surface area (TPSA) is 116 Å². The second-order valence-corrected chi connectivity index (χ2v) is 9.75. The third-order valence-electron chi connectivity index (χ3n) is 5.52. The van der Waals surface area contributed by atoms with Crippen molar-refractivity contribution in [2.75, 3.05) is 36.3 Å². The molecule has 2 aromatic carbocycles. The summed E-state index contributed by atoms with van der Waals surface area (Å²) in [5.74, 6) is -0.0558. The molecule has 1 aliphatic heterocycles. The zero-order valence-corrected chi connectivity index (χ0v) is 18.9. The minimum Gasteiger partial charge on any atom is -0.382 e. The Labute approximate surface area is 193 Å². The molecule has 1 aliphatic rings. The smallest absolute Gasteiger partial charge is 0.382 e. The number of H-pyrrole nitrogens is 1. The van der Waals surface area contributed by atoms with Crippen molar-refractivity contribution in [3.63, 3.8) is 0 Å². The summed E-state index contributed by atoms with van der Waals surface area (Å²) in [5, 5.41) is 3.82. The SMILES string of the molecule is CN(Nc1cc(C(F)(F)F)ccc1S(=O)(=O)N1CCCC1)c1c(N)[nH]n(-c2ccccc2)c1=O. The van der Waals surface area contributed by atoms with Crippen molar-refractivity contribution in [3.05, 3.63) is 64.4 Å². The van der Waals surface area contributed by atoms with Crippen molar-refractivity contribution in [2.24, 2.45) is 0 Å². The van der Waals surface area contributed by atoms with Crippen LogP contribution in [0.1, 0.15) is 18.4 Å². The zero-order chi connectivity index (χ0) is 24.7. The van der Waals surface area contributed by atoms with Gasteiger partial charge in [-0.2, -0.15) is 17.5 Å². The van der Waals surface area contributed by atoms with Crippen LogP contribution in [0.5, 0.6) is 0 Å². The number of hydrazine groups is 1. The maximum atomic E-state index is 13.4. The molecular formula is C21H23F3N6O3S. The van der Waals surface area contributed by atoms with E-state index in [9.17, 15) is 26.4 Å². The summed E-state index contributed by atoms with van der Waals surface area (Å²) >= 11 is 0. The minimum absolute atomic E-state index is 0.0558. The number of aromatic amines is 1. The van der Waals surface area contributed by atoms with Crippen LogP contribution >= 0.6 is 0 Å². The van der Waals surface area contributed by atoms with E-state index in [2.05, 4.69) is 10.5 Å². The first-order valence-electron chi connectivity index (χ1n) is 10.4. The second-order valence-electron chi connectivity index (χ2n) is 7.84. The van der Waals surface area contributed by atoms with E-state index in [1.807, 2.05) is 0 Å². The van der Waals surface area contributed by atoms with Gasteiger partial charge in [0.1, 0.15) is 10.7 Å². The molecule has 34 heavy (non-hydrogen) atoms. The quantitative estimate of drug-likeness (QED) is 0.452. The third kappa shape index (κ3) is 4.35. The van der Waals surface area contributed by atoms with Crippen LogP contribution in [0.2, 0.25) is 0 Å². The van der Waals surface area contributed by atoms with Gasteiger partial charge in [-0.05, 0) is 43.2 Å². The Bertz CT molecular complexity index is 1350. The summed E-state index contributed by atoms with van der Waals surface area (Å²) in [6, 6.07) is 10.9. The van der Waals surface area contributed by atoms with Crippen molar-refractivity contribution in [1.82, 2.24) is 14.1 Å². The van der Waals surface area contributed by atoms with Crippen LogP contribution in [0.25, 0.3) is 5.69 Å². The fourth-order valence-electron chi connectivity index (χ4n) is 3.85. The molecule has 1 saturated heterocycles. The lowest BCUT2D eigenvalue weighted by Gasteiger charge is -2.24. The molecule has 13 heteroatoms. The maximum Gasteiger partial charge on any atom is 0.416 e. The van der Waals surface area contributed by atoms with Crippen molar-refractivity contribution in [1.29, 1.82) is 0 Å². The van der Waals surface area contributed by atoms with E-state index >= 15 is 0 Å². The lowest BCUT2D eigenvalue weighted by atomic mass is 10.2. The fourth-order valence-corrected chi connectivity index (χ4v) is 5.49. The Morgan fingerprint density at radius 2 is 1.74 bits per heavy atom. The zero-order valence-electron chi connectivity index (χ0n) is 18.1. The molecule has 1 fully saturated rings. The molecule has 0 saturated carbocycles. The standard InChI is InChI=1S/C21H23F3N6O3S/c1-28(18-19(25)27-30(20(18)31)15-7-3-2-4-8-15)26-16-13-14(21(22,23)24)9-10-17(16)34(32,33)29-11-5-6-12-29/h2-4,7-10,13,26-27H,5-6,11-12,25H2,1H3. The number of halogens is 3. The van der Waals surface area contributed by atoms with Gasteiger partial charge in [-0.25, -0.2) is 13.1 Å². The van der Waals surface area contributed by atoms with E-state index < -0.39 is 27.3 Å². The van der Waals surface area contributed by atoms with Crippen molar-refractivity contribution in [2.45, 2.75) is 23.9 Å². The molecule has 2 heterocycles. The van der Waals surface area contributed by atoms with Gasteiger partial charge in [-0.3, -0.25) is 20.3 Å². The lowest BCUT2D eigenvalue weighted by Crippen LogP contribution is -2.33. The number of nitrogens with zero attached hydrogens (tertiary/aromatic N) is 3. The maximum absolute atomic E-state index is 13.4. The van der Waals surface area contributed by atoms with E-state index in [-0.39, 0.29) is 35.2 Å². The molecule has 0 amide bonds. The van der Waals surface area contributed by atoms with Gasteiger partial charge in [0.05, 0.1) is 16.9 Å². The molecule has 9 nitrogen and oxygen atoms in total. The van der Waals surface area contributed by atoms with E-state index in [0.717, 1.165) is 17.1 Å². The average Bonchev–Trinajstić information content (AvgIpc) is 3.42. The molecule has 182 valence electrons. The minimum atomic E-state index is -4.70. The number of nitrogens with one attached hydrogen (secondary N) is 2. The number of para-hydroxylation sites is 1. The van der Waals surface area contributed by atoms with Crippen molar-refractivity contribution < 1.29 is 21.6 Å². The highest BCUT2D eigenvalue weighted by Gasteiger charge is 2.35. The second kappa shape index (κ2) is 8.72. The molecular weight excluding hydrogens is 473 g/mol. The number of nitrogens with two attached hydrogens (primary N) is 1. The van der Waals surface area contributed by atoms with Crippen LogP contribution in [0.4, 0.5) is 30.4 Å². The Morgan fingerprint density at radius 3 is 2.35 bits per heavy atom. The summed E-state index contributed by atoms with van der Waals surface area (Å²) < 4.78 is 68.9. The third-order valence-corrected chi connectivity index (χ3v) is 7.48. The Kier molecular flexibility index (Phi) is 6.08. The molecule has 0 bridgehead atoms. The number of benzene rings is 2. The van der Waals surface area contributed by atoms with Crippen LogP contribution in [0.15, 0.2) is 58.2 Å². The van der Waals surface area contributed by atoms with Crippen LogP contribution in [0.3, 0.4) is 0 Å². The highest BCUT2D eigenvalue weighted by molar-refractivity contribution is 7.89. The van der Waals surface area contributed by atoms with Crippen molar-refractivity contribution in [3.8, 4) is 5.69 Å². The monoisotopic (exact) mass is 496 g/mol. The van der Waals surface area contributed by atoms with Crippen LogP contribution < -0.4 is 21.7 Å². The first-order chi connectivity index (χ1) is 16.0. The number of rotatable bonds is 6. The summed E-state index contributed by atoms with van der Waals surface area (Å²) in [4.78, 5) is 12.7. The number of nitrogen functional groups attached to an aromatic ring is 1. The van der Waals surface area contributed by atoms with Gasteiger partial charge >= 0.3 is 6.18 Å². The van der Waals surface area contributed by atoms with Gasteiger partial charge in [0.2, 0.25) is 10.0 Å². The van der Waals surface area contributed by atoms with Gasteiger partial charge < -0.3 is 5.73 Å². The molecule has 4 N–H and O–H groups in total. The highest BCUT2D eigenvalue weighted by atomic mass is 32.2. The first-order valence-corrected chi connectivity index (χ1v) is 11.8. The molecule has 0 spiro atoms. The van der Waals surface area contributed by atoms with E-state index in [0.29, 0.717) is 24.6 Å². The molecule has 3 aromatic rings. The number of aromatic nitrogens is 2. The number of hydrogen-bond donors (Lipinski definition) is 3. The highest BCUT2D eigenvalue weighted by Crippen LogP contribution is 2.35. The Morgan fingerprint density at radius 1 is 1.09 bits per heavy atom. The molecule has 0 radical (unpaired) electrons. The van der Waals surface area contributed by atoms with Gasteiger partial charge in [0.25, 0.3) is 5.56 Å². The van der Waals surface area contributed by atoms with Crippen LogP contribution in [0, 0.1) is 0 Å². The van der Waals surface area contributed by atoms with Gasteiger partial charge in [0.15, 0.2) is 5.69 Å². The molecule has 0 aliphatic carbocycles. The number of anilines is 3. The van der Waals surface area contributed by atoms with Gasteiger partial charge in [-0.15, -0.1) is 0 Å². The number of hydrogen-bond acceptors (Lipinski definition) is 6. The van der Waals surface area contributed by atoms with Gasteiger partial charge in [-0.1, -0.05) is 18.2 Å². The van der Waals surface area contributed by atoms with E-state index in [4.69, 9.17) is 5.73 Å². The summed E-state index contributed by atoms with van der Waals surface area (Å²) in [5.41, 5.74) is 7.09. The summed E-state index contributed by atoms with van der Waals surface area (Å²) in [7, 11) is -2.70. The van der Waals surface area contributed by atoms with E-state index in [1.54, 1.807) is 30.3 Å². The largest absolute Gasteiger partial charge is 0.416 e. The normalized spacial score (nSPS) is 14.9. The van der Waals surface area contributed by atoms with Crippen LogP contribution in [-0.4, -0.2) is 42.6 Å². The Balaban J connectivity index is 1.76. The summed E-state index contributed by atoms with van der Waals surface area (Å²) in [6.45, 7) is 0.566. The lowest BCUT2D eigenvalue weighted by molar-refractivity contribution is -0.137. The predicted molar refractivity (Wildman–Crippen MR) is 122 cm³/mol. The summed E-state index contributed by atoms with van der Waals surface area (Å²) in [6.07, 6.45) is -3.36. The fraction of sp³-hybridized carbons (Fsp3) is 0.286. The first kappa shape index (κ1) is 23.7. The molecule has 1 aromatic heterocycles. The van der Waals surface area contributed by atoms with Gasteiger partial charge in [0, 0.05) is 20.1 Å². The number of alkyl halides is 3. The molecule has 0 atom stereocenters. The van der Waals surface area contributed by atoms with E-state index in [1.165, 1.54) is 16.0 Å². The van der Waals surface area contributed by atoms with Crippen LogP contribution in [-0.2, 0) is 16.2 Å². The average molecular weight is 497 g/mol. The molecule has 0 unspecified atom stereocenters. The Hall–Kier alpha value is -3.45.